The highest BCUT2D eigenvalue weighted by molar-refractivity contribution is 5.94. The van der Waals surface area contributed by atoms with E-state index in [1.807, 2.05) is 29.2 Å². The van der Waals surface area contributed by atoms with Gasteiger partial charge in [0.25, 0.3) is 5.91 Å². The average molecular weight is 277 g/mol. The average Bonchev–Trinajstić information content (AvgIpc) is 2.94. The Labute approximate surface area is 120 Å². The Morgan fingerprint density at radius 3 is 2.80 bits per heavy atom. The second kappa shape index (κ2) is 7.41. The van der Waals surface area contributed by atoms with E-state index in [2.05, 4.69) is 0 Å². The Kier molecular flexibility index (Phi) is 5.56. The number of aliphatic hydroxyl groups excluding tert-OH is 1. The van der Waals surface area contributed by atoms with Crippen molar-refractivity contribution in [2.45, 2.75) is 38.3 Å². The highest BCUT2D eigenvalue weighted by Gasteiger charge is 2.28. The molecule has 1 atom stereocenters. The van der Waals surface area contributed by atoms with Gasteiger partial charge in [-0.1, -0.05) is 12.1 Å². The summed E-state index contributed by atoms with van der Waals surface area (Å²) in [6, 6.07) is 7.91. The summed E-state index contributed by atoms with van der Waals surface area (Å²) in [5, 5.41) is 8.93. The van der Waals surface area contributed by atoms with Gasteiger partial charge in [-0.15, -0.1) is 0 Å². The number of amides is 1. The second-order valence-corrected chi connectivity index (χ2v) is 5.29. The molecule has 1 aliphatic heterocycles. The summed E-state index contributed by atoms with van der Waals surface area (Å²) >= 11 is 0. The van der Waals surface area contributed by atoms with Crippen LogP contribution in [0.15, 0.2) is 24.3 Å². The first-order valence-electron chi connectivity index (χ1n) is 7.26. The Hall–Kier alpha value is -1.39. The van der Waals surface area contributed by atoms with Crippen LogP contribution in [0.3, 0.4) is 0 Å². The Morgan fingerprint density at radius 2 is 2.15 bits per heavy atom. The predicted octanol–water partition coefficient (Wildman–Crippen LogP) is 2.21. The molecule has 1 aromatic rings. The van der Waals surface area contributed by atoms with Crippen LogP contribution in [-0.4, -0.2) is 42.2 Å². The SMILES string of the molecule is COCc1ccc(C(=O)N2CCCC2CCCO)cc1. The Bertz CT molecular complexity index is 430. The normalized spacial score (nSPS) is 18.5. The number of carbonyl (C=O) groups excluding carboxylic acids is 1. The molecular formula is C16H23NO3. The minimum absolute atomic E-state index is 0.106. The van der Waals surface area contributed by atoms with E-state index in [1.165, 1.54) is 0 Å². The van der Waals surface area contributed by atoms with Gasteiger partial charge < -0.3 is 14.7 Å². The molecule has 110 valence electrons. The van der Waals surface area contributed by atoms with Gasteiger partial charge in [-0.05, 0) is 43.4 Å². The van der Waals surface area contributed by atoms with Crippen LogP contribution < -0.4 is 0 Å². The molecule has 1 fully saturated rings. The number of benzene rings is 1. The number of likely N-dealkylation sites (tertiary alicyclic amines) is 1. The Balaban J connectivity index is 2.02. The van der Waals surface area contributed by atoms with Gasteiger partial charge in [0.1, 0.15) is 0 Å². The van der Waals surface area contributed by atoms with Gasteiger partial charge in [-0.2, -0.15) is 0 Å². The van der Waals surface area contributed by atoms with Gasteiger partial charge in [-0.3, -0.25) is 4.79 Å². The van der Waals surface area contributed by atoms with E-state index in [-0.39, 0.29) is 18.6 Å². The number of methoxy groups -OCH3 is 1. The second-order valence-electron chi connectivity index (χ2n) is 5.29. The van der Waals surface area contributed by atoms with Crippen molar-refractivity contribution in [3.63, 3.8) is 0 Å². The zero-order valence-corrected chi connectivity index (χ0v) is 12.0. The van der Waals surface area contributed by atoms with Gasteiger partial charge in [0, 0.05) is 31.9 Å². The predicted molar refractivity (Wildman–Crippen MR) is 77.5 cm³/mol. The third-order valence-corrected chi connectivity index (χ3v) is 3.85. The molecular weight excluding hydrogens is 254 g/mol. The van der Waals surface area contributed by atoms with Gasteiger partial charge in [0.05, 0.1) is 6.61 Å². The maximum atomic E-state index is 12.5. The highest BCUT2D eigenvalue weighted by atomic mass is 16.5. The van der Waals surface area contributed by atoms with E-state index in [0.29, 0.717) is 6.61 Å². The number of ether oxygens (including phenoxy) is 1. The highest BCUT2D eigenvalue weighted by Crippen LogP contribution is 2.23. The topological polar surface area (TPSA) is 49.8 Å². The smallest absolute Gasteiger partial charge is 0.254 e. The van der Waals surface area contributed by atoms with Crippen LogP contribution in [-0.2, 0) is 11.3 Å². The van der Waals surface area contributed by atoms with Crippen molar-refractivity contribution < 1.29 is 14.6 Å². The first-order valence-corrected chi connectivity index (χ1v) is 7.26. The van der Waals surface area contributed by atoms with Gasteiger partial charge >= 0.3 is 0 Å². The first kappa shape index (κ1) is 15.0. The first-order chi connectivity index (χ1) is 9.76. The fourth-order valence-corrected chi connectivity index (χ4v) is 2.81. The molecule has 4 heteroatoms. The third-order valence-electron chi connectivity index (χ3n) is 3.85. The number of rotatable bonds is 6. The van der Waals surface area contributed by atoms with Crippen LogP contribution in [0.1, 0.15) is 41.6 Å². The zero-order chi connectivity index (χ0) is 14.4. The van der Waals surface area contributed by atoms with E-state index < -0.39 is 0 Å². The molecule has 0 aromatic heterocycles. The van der Waals surface area contributed by atoms with Crippen molar-refractivity contribution in [3.05, 3.63) is 35.4 Å². The number of hydrogen-bond acceptors (Lipinski definition) is 3. The number of hydrogen-bond donors (Lipinski definition) is 1. The molecule has 0 bridgehead atoms. The Morgan fingerprint density at radius 1 is 1.40 bits per heavy atom. The maximum absolute atomic E-state index is 12.5. The van der Waals surface area contributed by atoms with E-state index in [0.717, 1.165) is 43.4 Å². The van der Waals surface area contributed by atoms with Gasteiger partial charge in [0.15, 0.2) is 0 Å². The lowest BCUT2D eigenvalue weighted by atomic mass is 10.1. The molecule has 1 N–H and O–H groups in total. The molecule has 1 unspecified atom stereocenters. The lowest BCUT2D eigenvalue weighted by Crippen LogP contribution is -2.35. The summed E-state index contributed by atoms with van der Waals surface area (Å²) in [5.74, 6) is 0.106. The molecule has 4 nitrogen and oxygen atoms in total. The molecule has 0 saturated carbocycles. The molecule has 1 heterocycles. The molecule has 1 aliphatic rings. The van der Waals surface area contributed by atoms with E-state index in [4.69, 9.17) is 9.84 Å². The standard InChI is InChI=1S/C16H23NO3/c1-20-12-13-6-8-14(9-7-13)16(19)17-10-2-4-15(17)5-3-11-18/h6-9,15,18H,2-5,10-12H2,1H3. The quantitative estimate of drug-likeness (QED) is 0.867. The lowest BCUT2D eigenvalue weighted by molar-refractivity contribution is 0.0724. The summed E-state index contributed by atoms with van der Waals surface area (Å²) in [6.45, 7) is 1.59. The number of carbonyl (C=O) groups is 1. The van der Waals surface area contributed by atoms with Gasteiger partial charge in [0.2, 0.25) is 0 Å². The van der Waals surface area contributed by atoms with Crippen LogP contribution in [0.25, 0.3) is 0 Å². The van der Waals surface area contributed by atoms with E-state index in [1.54, 1.807) is 7.11 Å². The molecule has 0 aliphatic carbocycles. The fraction of sp³-hybridized carbons (Fsp3) is 0.562. The summed E-state index contributed by atoms with van der Waals surface area (Å²) < 4.78 is 5.07. The van der Waals surface area contributed by atoms with Crippen molar-refractivity contribution in [2.75, 3.05) is 20.3 Å². The molecule has 0 spiro atoms. The van der Waals surface area contributed by atoms with Crippen molar-refractivity contribution in [1.82, 2.24) is 4.90 Å². The minimum Gasteiger partial charge on any atom is -0.396 e. The fourth-order valence-electron chi connectivity index (χ4n) is 2.81. The molecule has 1 aromatic carbocycles. The van der Waals surface area contributed by atoms with Crippen molar-refractivity contribution in [2.24, 2.45) is 0 Å². The van der Waals surface area contributed by atoms with Crippen LogP contribution in [0.2, 0.25) is 0 Å². The van der Waals surface area contributed by atoms with Crippen LogP contribution in [0.4, 0.5) is 0 Å². The molecule has 2 rings (SSSR count). The summed E-state index contributed by atoms with van der Waals surface area (Å²) in [6.07, 6.45) is 3.77. The molecule has 1 amide bonds. The van der Waals surface area contributed by atoms with Crippen LogP contribution in [0, 0.1) is 0 Å². The van der Waals surface area contributed by atoms with Crippen molar-refractivity contribution in [1.29, 1.82) is 0 Å². The summed E-state index contributed by atoms with van der Waals surface area (Å²) in [5.41, 5.74) is 1.81. The van der Waals surface area contributed by atoms with Crippen LogP contribution >= 0.6 is 0 Å². The molecule has 1 saturated heterocycles. The van der Waals surface area contributed by atoms with Crippen molar-refractivity contribution >= 4 is 5.91 Å². The maximum Gasteiger partial charge on any atom is 0.254 e. The summed E-state index contributed by atoms with van der Waals surface area (Å²) in [4.78, 5) is 14.5. The van der Waals surface area contributed by atoms with E-state index >= 15 is 0 Å². The largest absolute Gasteiger partial charge is 0.396 e. The lowest BCUT2D eigenvalue weighted by Gasteiger charge is -2.24. The zero-order valence-electron chi connectivity index (χ0n) is 12.0. The van der Waals surface area contributed by atoms with Crippen LogP contribution in [0.5, 0.6) is 0 Å². The molecule has 0 radical (unpaired) electrons. The van der Waals surface area contributed by atoms with E-state index in [9.17, 15) is 4.79 Å². The number of nitrogens with zero attached hydrogens (tertiary/aromatic N) is 1. The third kappa shape index (κ3) is 3.58. The van der Waals surface area contributed by atoms with Crippen molar-refractivity contribution in [3.8, 4) is 0 Å². The van der Waals surface area contributed by atoms with Gasteiger partial charge in [-0.25, -0.2) is 0 Å². The summed E-state index contributed by atoms with van der Waals surface area (Å²) in [7, 11) is 1.66. The minimum atomic E-state index is 0.106. The molecule has 20 heavy (non-hydrogen) atoms. The monoisotopic (exact) mass is 277 g/mol. The number of aliphatic hydroxyl groups is 1.